The van der Waals surface area contributed by atoms with E-state index in [1.807, 2.05) is 0 Å². The fourth-order valence-electron chi connectivity index (χ4n) is 1.87. The number of nitrogens with zero attached hydrogens (tertiary/aromatic N) is 1. The standard InChI is InChI=1S/C16H12Cl2N4O5/c17-12-6-3-10(7-13(12)18)21-16(25)15(24)19-8-14(23)20-9-1-4-11(5-2-9)22(26)27/h1-7H,8H2,(H,19,24)(H,20,23)(H,21,25). The van der Waals surface area contributed by atoms with Crippen molar-refractivity contribution in [1.82, 2.24) is 5.32 Å². The van der Waals surface area contributed by atoms with Gasteiger partial charge >= 0.3 is 11.8 Å². The first kappa shape index (κ1) is 20.1. The van der Waals surface area contributed by atoms with E-state index in [1.165, 1.54) is 42.5 Å². The summed E-state index contributed by atoms with van der Waals surface area (Å²) in [5.74, 6) is -2.63. The summed E-state index contributed by atoms with van der Waals surface area (Å²) in [4.78, 5) is 45.3. The molecule has 2 rings (SSSR count). The molecule has 0 aliphatic heterocycles. The van der Waals surface area contributed by atoms with Gasteiger partial charge in [0.05, 0.1) is 21.5 Å². The lowest BCUT2D eigenvalue weighted by atomic mass is 10.3. The summed E-state index contributed by atoms with van der Waals surface area (Å²) in [6, 6.07) is 9.41. The van der Waals surface area contributed by atoms with Crippen LogP contribution in [0.15, 0.2) is 42.5 Å². The van der Waals surface area contributed by atoms with Gasteiger partial charge in [-0.2, -0.15) is 0 Å². The second kappa shape index (κ2) is 8.97. The summed E-state index contributed by atoms with van der Waals surface area (Å²) in [6.45, 7) is -0.468. The van der Waals surface area contributed by atoms with E-state index >= 15 is 0 Å². The molecule has 27 heavy (non-hydrogen) atoms. The molecule has 0 radical (unpaired) electrons. The predicted molar refractivity (Wildman–Crippen MR) is 99.8 cm³/mol. The van der Waals surface area contributed by atoms with Gasteiger partial charge in [0.15, 0.2) is 0 Å². The number of nitrogens with one attached hydrogen (secondary N) is 3. The van der Waals surface area contributed by atoms with E-state index in [0.29, 0.717) is 10.7 Å². The van der Waals surface area contributed by atoms with Gasteiger partial charge in [-0.1, -0.05) is 23.2 Å². The normalized spacial score (nSPS) is 10.0. The van der Waals surface area contributed by atoms with Crippen LogP contribution in [0.2, 0.25) is 10.0 Å². The minimum Gasteiger partial charge on any atom is -0.339 e. The number of carbonyl (C=O) groups excluding carboxylic acids is 3. The quantitative estimate of drug-likeness (QED) is 0.396. The number of carbonyl (C=O) groups is 3. The van der Waals surface area contributed by atoms with Gasteiger partial charge < -0.3 is 16.0 Å². The van der Waals surface area contributed by atoms with E-state index < -0.39 is 29.2 Å². The smallest absolute Gasteiger partial charge is 0.313 e. The molecular formula is C16H12Cl2N4O5. The Kier molecular flexibility index (Phi) is 6.69. The van der Waals surface area contributed by atoms with Crippen molar-refractivity contribution in [2.24, 2.45) is 0 Å². The Balaban J connectivity index is 1.82. The minimum absolute atomic E-state index is 0.125. The minimum atomic E-state index is -1.03. The number of hydrogen-bond donors (Lipinski definition) is 3. The molecule has 0 aliphatic rings. The Morgan fingerprint density at radius 1 is 0.889 bits per heavy atom. The highest BCUT2D eigenvalue weighted by Crippen LogP contribution is 2.24. The second-order valence-electron chi connectivity index (χ2n) is 5.12. The van der Waals surface area contributed by atoms with Crippen LogP contribution in [0.4, 0.5) is 17.1 Å². The number of nitro benzene ring substituents is 1. The zero-order chi connectivity index (χ0) is 20.0. The largest absolute Gasteiger partial charge is 0.339 e. The lowest BCUT2D eigenvalue weighted by molar-refractivity contribution is -0.384. The van der Waals surface area contributed by atoms with E-state index in [0.717, 1.165) is 0 Å². The van der Waals surface area contributed by atoms with Gasteiger partial charge in [0.1, 0.15) is 0 Å². The Hall–Kier alpha value is -3.17. The number of rotatable bonds is 5. The SMILES string of the molecule is O=C(CNC(=O)C(=O)Nc1ccc(Cl)c(Cl)c1)Nc1ccc([N+](=O)[O-])cc1. The van der Waals surface area contributed by atoms with E-state index in [1.54, 1.807) is 0 Å². The van der Waals surface area contributed by atoms with Crippen molar-refractivity contribution in [2.45, 2.75) is 0 Å². The lowest BCUT2D eigenvalue weighted by Gasteiger charge is -2.08. The van der Waals surface area contributed by atoms with Gasteiger partial charge in [0, 0.05) is 23.5 Å². The van der Waals surface area contributed by atoms with Crippen molar-refractivity contribution in [2.75, 3.05) is 17.2 Å². The average molecular weight is 411 g/mol. The monoisotopic (exact) mass is 410 g/mol. The first-order valence-corrected chi connectivity index (χ1v) is 8.10. The molecule has 11 heteroatoms. The van der Waals surface area contributed by atoms with E-state index in [2.05, 4.69) is 16.0 Å². The molecule has 0 saturated heterocycles. The molecule has 0 bridgehead atoms. The fourth-order valence-corrected chi connectivity index (χ4v) is 2.17. The summed E-state index contributed by atoms with van der Waals surface area (Å²) >= 11 is 11.6. The molecule has 9 nitrogen and oxygen atoms in total. The highest BCUT2D eigenvalue weighted by atomic mass is 35.5. The van der Waals surface area contributed by atoms with Crippen molar-refractivity contribution >= 4 is 58.0 Å². The highest BCUT2D eigenvalue weighted by molar-refractivity contribution is 6.43. The second-order valence-corrected chi connectivity index (χ2v) is 5.93. The number of benzene rings is 2. The molecule has 0 saturated carbocycles. The Bertz CT molecular complexity index is 902. The van der Waals surface area contributed by atoms with Crippen LogP contribution in [-0.2, 0) is 14.4 Å². The van der Waals surface area contributed by atoms with Gasteiger partial charge in [-0.15, -0.1) is 0 Å². The van der Waals surface area contributed by atoms with Crippen LogP contribution in [0.3, 0.4) is 0 Å². The summed E-state index contributed by atoms with van der Waals surface area (Å²) in [5.41, 5.74) is 0.445. The molecule has 3 N–H and O–H groups in total. The van der Waals surface area contributed by atoms with E-state index in [-0.39, 0.29) is 16.4 Å². The Morgan fingerprint density at radius 2 is 1.52 bits per heavy atom. The predicted octanol–water partition coefficient (Wildman–Crippen LogP) is 2.60. The molecule has 2 aromatic carbocycles. The molecule has 0 spiro atoms. The van der Waals surface area contributed by atoms with Crippen LogP contribution >= 0.6 is 23.2 Å². The van der Waals surface area contributed by atoms with Gasteiger partial charge in [0.2, 0.25) is 5.91 Å². The molecule has 0 unspecified atom stereocenters. The van der Waals surface area contributed by atoms with Crippen LogP contribution < -0.4 is 16.0 Å². The first-order chi connectivity index (χ1) is 12.8. The third kappa shape index (κ3) is 5.94. The zero-order valence-corrected chi connectivity index (χ0v) is 15.0. The maximum atomic E-state index is 11.8. The fraction of sp³-hybridized carbons (Fsp3) is 0.0625. The van der Waals surface area contributed by atoms with Crippen LogP contribution in [0.25, 0.3) is 0 Å². The zero-order valence-electron chi connectivity index (χ0n) is 13.5. The number of non-ortho nitro benzene ring substituents is 1. The molecule has 0 aromatic heterocycles. The van der Waals surface area contributed by atoms with Crippen LogP contribution in [0.5, 0.6) is 0 Å². The Labute approximate surface area is 162 Å². The van der Waals surface area contributed by atoms with Gasteiger partial charge in [-0.05, 0) is 30.3 Å². The van der Waals surface area contributed by atoms with Crippen molar-refractivity contribution < 1.29 is 19.3 Å². The molecule has 0 fully saturated rings. The first-order valence-electron chi connectivity index (χ1n) is 7.35. The summed E-state index contributed by atoms with van der Waals surface area (Å²) in [6.07, 6.45) is 0. The van der Waals surface area contributed by atoms with Gasteiger partial charge in [0.25, 0.3) is 5.69 Å². The van der Waals surface area contributed by atoms with Crippen LogP contribution in [0.1, 0.15) is 0 Å². The van der Waals surface area contributed by atoms with Crippen molar-refractivity contribution in [1.29, 1.82) is 0 Å². The van der Waals surface area contributed by atoms with Crippen LogP contribution in [0, 0.1) is 10.1 Å². The summed E-state index contributed by atoms with van der Waals surface area (Å²) in [5, 5.41) is 17.9. The van der Waals surface area contributed by atoms with Crippen molar-refractivity contribution in [3.05, 3.63) is 62.6 Å². The van der Waals surface area contributed by atoms with E-state index in [4.69, 9.17) is 23.2 Å². The highest BCUT2D eigenvalue weighted by Gasteiger charge is 2.15. The number of amides is 3. The molecule has 2 aromatic rings. The maximum Gasteiger partial charge on any atom is 0.313 e. The third-order valence-corrected chi connectivity index (χ3v) is 3.89. The summed E-state index contributed by atoms with van der Waals surface area (Å²) < 4.78 is 0. The number of hydrogen-bond acceptors (Lipinski definition) is 5. The number of halogens is 2. The van der Waals surface area contributed by atoms with E-state index in [9.17, 15) is 24.5 Å². The van der Waals surface area contributed by atoms with Gasteiger partial charge in [-0.3, -0.25) is 24.5 Å². The molecule has 140 valence electrons. The molecule has 0 atom stereocenters. The number of anilines is 2. The Morgan fingerprint density at radius 3 is 2.11 bits per heavy atom. The van der Waals surface area contributed by atoms with Crippen molar-refractivity contribution in [3.8, 4) is 0 Å². The van der Waals surface area contributed by atoms with Crippen LogP contribution in [-0.4, -0.2) is 29.2 Å². The summed E-state index contributed by atoms with van der Waals surface area (Å²) in [7, 11) is 0. The van der Waals surface area contributed by atoms with Gasteiger partial charge in [-0.25, -0.2) is 0 Å². The number of nitro groups is 1. The lowest BCUT2D eigenvalue weighted by Crippen LogP contribution is -2.39. The molecule has 0 heterocycles. The third-order valence-electron chi connectivity index (χ3n) is 3.16. The average Bonchev–Trinajstić information content (AvgIpc) is 2.63. The van der Waals surface area contributed by atoms with Crippen molar-refractivity contribution in [3.63, 3.8) is 0 Å². The molecule has 3 amide bonds. The topological polar surface area (TPSA) is 130 Å². The molecular weight excluding hydrogens is 399 g/mol. The molecule has 0 aliphatic carbocycles. The maximum absolute atomic E-state index is 11.8.